The number of carbonyl (C=O) groups excluding carboxylic acids is 2. The zero-order valence-electron chi connectivity index (χ0n) is 50.6. The van der Waals surface area contributed by atoms with Gasteiger partial charge >= 0.3 is 0 Å². The van der Waals surface area contributed by atoms with Crippen molar-refractivity contribution in [2.24, 2.45) is 11.8 Å². The SMILES string of the molecule is CCCCCCCCCCCCC(CCCCCCCCCC)CN1C(=O)C2=C(c3ccc(-c4ccc(Br)s4)s3)N(CC(CCCCCCCCCC)CCCCCCCCCCCC)C(=O)C2=C1c1ccc(-c2ccc(Br)s2)s1. The first-order valence-electron chi connectivity index (χ1n) is 33.1. The van der Waals surface area contributed by atoms with E-state index in [2.05, 4.69) is 118 Å². The average Bonchev–Trinajstić information content (AvgIpc) is 4.38. The first-order valence-corrected chi connectivity index (χ1v) is 38.0. The summed E-state index contributed by atoms with van der Waals surface area (Å²) in [4.78, 5) is 43.2. The van der Waals surface area contributed by atoms with E-state index in [1.165, 1.54) is 251 Å². The molecule has 0 radical (unpaired) electrons. The van der Waals surface area contributed by atoms with Gasteiger partial charge in [-0.3, -0.25) is 9.59 Å². The quantitative estimate of drug-likeness (QED) is 0.0414. The lowest BCUT2D eigenvalue weighted by molar-refractivity contribution is -0.124. The second-order valence-corrected chi connectivity index (χ2v) is 31.1. The van der Waals surface area contributed by atoms with E-state index in [1.807, 2.05) is 0 Å². The van der Waals surface area contributed by atoms with Crippen molar-refractivity contribution in [1.82, 2.24) is 9.80 Å². The highest BCUT2D eigenvalue weighted by molar-refractivity contribution is 9.11. The highest BCUT2D eigenvalue weighted by Crippen LogP contribution is 2.51. The van der Waals surface area contributed by atoms with Gasteiger partial charge in [-0.15, -0.1) is 45.3 Å². The van der Waals surface area contributed by atoms with Crippen LogP contribution >= 0.6 is 77.2 Å². The Bertz CT molecular complexity index is 2240. The summed E-state index contributed by atoms with van der Waals surface area (Å²) < 4.78 is 2.22. The lowest BCUT2D eigenvalue weighted by atomic mass is 9.93. The van der Waals surface area contributed by atoms with Crippen molar-refractivity contribution >= 4 is 100 Å². The Labute approximate surface area is 521 Å². The van der Waals surface area contributed by atoms with Gasteiger partial charge in [-0.25, -0.2) is 0 Å². The van der Waals surface area contributed by atoms with Gasteiger partial charge in [-0.1, -0.05) is 259 Å². The summed E-state index contributed by atoms with van der Waals surface area (Å²) in [5.41, 5.74) is 3.07. The highest BCUT2D eigenvalue weighted by Gasteiger charge is 2.50. The Morgan fingerprint density at radius 1 is 0.312 bits per heavy atom. The van der Waals surface area contributed by atoms with Gasteiger partial charge in [-0.2, -0.15) is 0 Å². The number of rotatable bonds is 48. The van der Waals surface area contributed by atoms with Crippen LogP contribution in [0.2, 0.25) is 0 Å². The van der Waals surface area contributed by atoms with Crippen molar-refractivity contribution in [2.45, 2.75) is 285 Å². The number of thiophene rings is 4. The molecule has 0 aliphatic carbocycles. The first kappa shape index (κ1) is 67.3. The lowest BCUT2D eigenvalue weighted by Gasteiger charge is -2.29. The predicted octanol–water partition coefficient (Wildman–Crippen LogP) is 25.5. The van der Waals surface area contributed by atoms with Crippen LogP contribution in [-0.4, -0.2) is 34.7 Å². The number of amides is 2. The smallest absolute Gasteiger partial charge is 0.261 e. The van der Waals surface area contributed by atoms with E-state index >= 15 is 9.59 Å². The minimum atomic E-state index is 0.0433. The minimum Gasteiger partial charge on any atom is -0.306 e. The second kappa shape index (κ2) is 39.7. The van der Waals surface area contributed by atoms with Gasteiger partial charge in [0.05, 0.1) is 39.9 Å². The van der Waals surface area contributed by atoms with Crippen molar-refractivity contribution < 1.29 is 9.59 Å². The first-order chi connectivity index (χ1) is 39.3. The molecule has 2 aliphatic rings. The summed E-state index contributed by atoms with van der Waals surface area (Å²) in [7, 11) is 0. The lowest BCUT2D eigenvalue weighted by Crippen LogP contribution is -2.34. The number of nitrogens with zero attached hydrogens (tertiary/aromatic N) is 2. The van der Waals surface area contributed by atoms with E-state index in [-0.39, 0.29) is 11.8 Å². The Hall–Kier alpha value is -1.82. The molecule has 80 heavy (non-hydrogen) atoms. The maximum Gasteiger partial charge on any atom is 0.261 e. The molecule has 2 unspecified atom stereocenters. The summed E-state index contributed by atoms with van der Waals surface area (Å²) in [5, 5.41) is 0. The van der Waals surface area contributed by atoms with Gasteiger partial charge in [0.2, 0.25) is 0 Å². The molecule has 4 aromatic heterocycles. The van der Waals surface area contributed by atoms with E-state index in [1.54, 1.807) is 45.3 Å². The monoisotopic (exact) mass is 1290 g/mol. The Morgan fingerprint density at radius 3 is 0.787 bits per heavy atom. The van der Waals surface area contributed by atoms with Crippen LogP contribution in [0.3, 0.4) is 0 Å². The number of halogens is 2. The standard InChI is InChI=1S/C70H106Br2N2O2S4/c1-5-9-13-17-21-25-27-31-35-39-43-55(41-37-33-29-23-19-15-11-7-3)53-73-67(61-47-45-57(77-61)59-49-51-63(71)79-59)65-66(69(73)75)68(62-48-46-58(78-62)60-50-52-64(72)80-60)74(70(65)76)54-56(42-38-34-30-24-20-16-12-8-4)44-40-36-32-28-26-22-18-14-10-6-2/h45-52,55-56H,5-44,53-54H2,1-4H3. The molecular formula is C70H106Br2N2O2S4. The van der Waals surface area contributed by atoms with Gasteiger partial charge in [-0.05, 0) is 118 Å². The largest absolute Gasteiger partial charge is 0.306 e. The summed E-state index contributed by atoms with van der Waals surface area (Å²) in [6, 6.07) is 17.5. The molecule has 0 spiro atoms. The Balaban J connectivity index is 1.32. The molecule has 446 valence electrons. The third-order valence-corrected chi connectivity index (χ3v) is 23.1. The van der Waals surface area contributed by atoms with Crippen LogP contribution in [0.15, 0.2) is 67.2 Å². The molecule has 2 atom stereocenters. The van der Waals surface area contributed by atoms with E-state index in [0.717, 1.165) is 54.4 Å². The Morgan fingerprint density at radius 2 is 0.537 bits per heavy atom. The van der Waals surface area contributed by atoms with E-state index in [4.69, 9.17) is 0 Å². The normalized spacial score (nSPS) is 14.5. The van der Waals surface area contributed by atoms with Gasteiger partial charge in [0, 0.05) is 32.6 Å². The fraction of sp³-hybridized carbons (Fsp3) is 0.686. The topological polar surface area (TPSA) is 40.6 Å². The average molecular weight is 1300 g/mol. The molecule has 0 N–H and O–H groups in total. The molecule has 6 rings (SSSR count). The molecule has 4 nitrogen and oxygen atoms in total. The number of fused-ring (bicyclic) bond motifs is 1. The van der Waals surface area contributed by atoms with Gasteiger partial charge in [0.15, 0.2) is 0 Å². The minimum absolute atomic E-state index is 0.0433. The summed E-state index contributed by atoms with van der Waals surface area (Å²) in [5.74, 6) is 0.852. The predicted molar refractivity (Wildman–Crippen MR) is 362 cm³/mol. The zero-order chi connectivity index (χ0) is 56.6. The third-order valence-electron chi connectivity index (χ3n) is 17.2. The fourth-order valence-electron chi connectivity index (χ4n) is 12.5. The highest BCUT2D eigenvalue weighted by atomic mass is 79.9. The van der Waals surface area contributed by atoms with Crippen LogP contribution < -0.4 is 0 Å². The summed E-state index contributed by atoms with van der Waals surface area (Å²) in [6.07, 6.45) is 51.9. The van der Waals surface area contributed by atoms with E-state index in [0.29, 0.717) is 36.1 Å². The van der Waals surface area contributed by atoms with E-state index in [9.17, 15) is 0 Å². The van der Waals surface area contributed by atoms with E-state index < -0.39 is 0 Å². The second-order valence-electron chi connectivity index (χ2n) is 24.0. The van der Waals surface area contributed by atoms with Crippen LogP contribution in [0.25, 0.3) is 30.9 Å². The molecule has 0 bridgehead atoms. The molecule has 0 saturated carbocycles. The molecule has 4 aromatic rings. The number of unbranched alkanes of at least 4 members (excludes halogenated alkanes) is 32. The van der Waals surface area contributed by atoms with Crippen molar-refractivity contribution in [3.05, 3.63) is 77.0 Å². The van der Waals surface area contributed by atoms with Gasteiger partial charge in [0.25, 0.3) is 11.8 Å². The summed E-state index contributed by atoms with van der Waals surface area (Å²) in [6.45, 7) is 10.6. The van der Waals surface area contributed by atoms with Gasteiger partial charge in [0.1, 0.15) is 0 Å². The van der Waals surface area contributed by atoms with Crippen molar-refractivity contribution in [3.8, 4) is 19.5 Å². The molecule has 0 aromatic carbocycles. The summed E-state index contributed by atoms with van der Waals surface area (Å²) >= 11 is 14.5. The fourth-order valence-corrected chi connectivity index (χ4v) is 17.6. The van der Waals surface area contributed by atoms with Crippen LogP contribution in [0, 0.1) is 11.8 Å². The van der Waals surface area contributed by atoms with Crippen molar-refractivity contribution in [1.29, 1.82) is 0 Å². The van der Waals surface area contributed by atoms with Crippen LogP contribution in [0.5, 0.6) is 0 Å². The molecule has 2 aliphatic heterocycles. The molecular weight excluding hydrogens is 1190 g/mol. The Kier molecular flexibility index (Phi) is 33.4. The molecule has 2 amide bonds. The number of carbonyl (C=O) groups is 2. The maximum absolute atomic E-state index is 16.0. The molecule has 6 heterocycles. The third kappa shape index (κ3) is 22.6. The zero-order valence-corrected chi connectivity index (χ0v) is 57.0. The van der Waals surface area contributed by atoms with Crippen molar-refractivity contribution in [3.63, 3.8) is 0 Å². The molecule has 10 heteroatoms. The molecule has 0 saturated heterocycles. The number of hydrogen-bond acceptors (Lipinski definition) is 6. The van der Waals surface area contributed by atoms with Crippen molar-refractivity contribution in [2.75, 3.05) is 13.1 Å². The van der Waals surface area contributed by atoms with Gasteiger partial charge < -0.3 is 9.80 Å². The van der Waals surface area contributed by atoms with Crippen LogP contribution in [0.1, 0.15) is 294 Å². The number of hydrogen-bond donors (Lipinski definition) is 0. The van der Waals surface area contributed by atoms with Crippen LogP contribution in [-0.2, 0) is 9.59 Å². The molecule has 0 fully saturated rings. The van der Waals surface area contributed by atoms with Crippen LogP contribution in [0.4, 0.5) is 0 Å². The maximum atomic E-state index is 16.0.